The van der Waals surface area contributed by atoms with Crippen LogP contribution in [-0.4, -0.2) is 58.6 Å². The number of hydrogen-bond acceptors (Lipinski definition) is 4. The number of anilines is 1. The molecule has 1 atom stereocenters. The summed E-state index contributed by atoms with van der Waals surface area (Å²) in [6.45, 7) is 10.1. The number of benzene rings is 1. The second-order valence-electron chi connectivity index (χ2n) is 10.1. The summed E-state index contributed by atoms with van der Waals surface area (Å²) in [6.07, 6.45) is 6.48. The lowest BCUT2D eigenvalue weighted by atomic mass is 10.1. The van der Waals surface area contributed by atoms with Crippen molar-refractivity contribution in [2.75, 3.05) is 31.1 Å². The van der Waals surface area contributed by atoms with Crippen molar-refractivity contribution in [3.63, 3.8) is 0 Å². The molecule has 9 heteroatoms. The van der Waals surface area contributed by atoms with E-state index >= 15 is 4.39 Å². The van der Waals surface area contributed by atoms with Crippen LogP contribution in [0.15, 0.2) is 30.4 Å². The molecule has 5 rings (SSSR count). The van der Waals surface area contributed by atoms with E-state index in [-0.39, 0.29) is 34.4 Å². The van der Waals surface area contributed by atoms with Crippen molar-refractivity contribution in [2.24, 2.45) is 5.92 Å². The van der Waals surface area contributed by atoms with Gasteiger partial charge in [0.05, 0.1) is 35.5 Å². The third-order valence-corrected chi connectivity index (χ3v) is 7.64. The van der Waals surface area contributed by atoms with Crippen LogP contribution in [0.2, 0.25) is 5.02 Å². The van der Waals surface area contributed by atoms with Crippen LogP contribution >= 0.6 is 11.6 Å². The Kier molecular flexibility index (Phi) is 7.23. The van der Waals surface area contributed by atoms with E-state index < -0.39 is 5.82 Å². The van der Waals surface area contributed by atoms with Gasteiger partial charge in [-0.2, -0.15) is 0 Å². The molecule has 37 heavy (non-hydrogen) atoms. The highest BCUT2D eigenvalue weighted by Gasteiger charge is 2.36. The Morgan fingerprint density at radius 2 is 2.11 bits per heavy atom. The van der Waals surface area contributed by atoms with E-state index in [1.54, 1.807) is 17.0 Å². The summed E-state index contributed by atoms with van der Waals surface area (Å²) >= 11 is 6.66. The minimum absolute atomic E-state index is 0.0346. The molecular formula is C28H32ClFN4O3. The lowest BCUT2D eigenvalue weighted by molar-refractivity contribution is -0.140. The Labute approximate surface area is 221 Å². The summed E-state index contributed by atoms with van der Waals surface area (Å²) in [6, 6.07) is 2.99. The number of carbonyl (C=O) groups is 2. The molecule has 0 radical (unpaired) electrons. The topological polar surface area (TPSA) is 67.7 Å². The number of carbonyl (C=O) groups excluding carboxylic acids is 2. The Morgan fingerprint density at radius 3 is 2.76 bits per heavy atom. The van der Waals surface area contributed by atoms with Crippen molar-refractivity contribution in [1.82, 2.24) is 14.5 Å². The second-order valence-corrected chi connectivity index (χ2v) is 10.5. The Morgan fingerprint density at radius 1 is 1.32 bits per heavy atom. The fourth-order valence-corrected chi connectivity index (χ4v) is 5.34. The highest BCUT2D eigenvalue weighted by atomic mass is 35.5. The molecule has 2 aromatic rings. The summed E-state index contributed by atoms with van der Waals surface area (Å²) < 4.78 is 23.6. The van der Waals surface area contributed by atoms with Gasteiger partial charge in [-0.1, -0.05) is 24.3 Å². The van der Waals surface area contributed by atoms with Gasteiger partial charge >= 0.3 is 0 Å². The first-order valence-corrected chi connectivity index (χ1v) is 13.2. The third kappa shape index (κ3) is 5.22. The van der Waals surface area contributed by atoms with Gasteiger partial charge in [-0.25, -0.2) is 9.37 Å². The largest absolute Gasteiger partial charge is 0.373 e. The summed E-state index contributed by atoms with van der Waals surface area (Å²) in [7, 11) is 0. The number of rotatable bonds is 7. The maximum atomic E-state index is 15.7. The zero-order chi connectivity index (χ0) is 26.3. The van der Waals surface area contributed by atoms with Gasteiger partial charge in [-0.3, -0.25) is 9.59 Å². The van der Waals surface area contributed by atoms with Gasteiger partial charge in [0.25, 0.3) is 0 Å². The molecule has 0 spiro atoms. The van der Waals surface area contributed by atoms with Gasteiger partial charge in [0.2, 0.25) is 11.8 Å². The lowest BCUT2D eigenvalue weighted by Crippen LogP contribution is -2.47. The highest BCUT2D eigenvalue weighted by Crippen LogP contribution is 2.37. The number of hydrogen-bond donors (Lipinski definition) is 0. The van der Waals surface area contributed by atoms with Gasteiger partial charge in [0.1, 0.15) is 11.6 Å². The van der Waals surface area contributed by atoms with Crippen LogP contribution in [0.25, 0.3) is 17.5 Å². The van der Waals surface area contributed by atoms with Crippen molar-refractivity contribution >= 4 is 35.2 Å². The monoisotopic (exact) mass is 526 g/mol. The fourth-order valence-electron chi connectivity index (χ4n) is 5.05. The summed E-state index contributed by atoms with van der Waals surface area (Å²) in [4.78, 5) is 33.1. The number of allylic oxidation sites excluding steroid dienone is 2. The van der Waals surface area contributed by atoms with Gasteiger partial charge in [-0.05, 0) is 56.9 Å². The number of amides is 2. The first-order valence-electron chi connectivity index (χ1n) is 12.8. The molecule has 196 valence electrons. The average Bonchev–Trinajstić information content (AvgIpc) is 3.58. The number of ether oxygens (including phenoxy) is 1. The molecule has 3 heterocycles. The Balaban J connectivity index is 1.51. The molecule has 0 N–H and O–H groups in total. The second kappa shape index (κ2) is 10.4. The molecule has 1 aliphatic carbocycles. The normalized spacial score (nSPS) is 20.6. The summed E-state index contributed by atoms with van der Waals surface area (Å²) in [5, 5.41) is 0.187. The third-order valence-electron chi connectivity index (χ3n) is 7.34. The van der Waals surface area contributed by atoms with Crippen LogP contribution in [0.5, 0.6) is 0 Å². The highest BCUT2D eigenvalue weighted by molar-refractivity contribution is 6.33. The van der Waals surface area contributed by atoms with Crippen LogP contribution in [0.3, 0.4) is 0 Å². The number of aromatic nitrogens is 2. The Bertz CT molecular complexity index is 1260. The molecule has 2 aliphatic heterocycles. The van der Waals surface area contributed by atoms with Crippen LogP contribution < -0.4 is 4.90 Å². The van der Waals surface area contributed by atoms with Crippen molar-refractivity contribution in [2.45, 2.75) is 52.2 Å². The van der Waals surface area contributed by atoms with Crippen molar-refractivity contribution in [3.05, 3.63) is 52.6 Å². The van der Waals surface area contributed by atoms with Crippen LogP contribution in [-0.2, 0) is 20.9 Å². The Hall–Kier alpha value is -2.97. The van der Waals surface area contributed by atoms with Crippen molar-refractivity contribution < 1.29 is 18.7 Å². The molecule has 2 saturated heterocycles. The van der Waals surface area contributed by atoms with E-state index in [4.69, 9.17) is 21.3 Å². The predicted molar refractivity (Wildman–Crippen MR) is 142 cm³/mol. The van der Waals surface area contributed by atoms with Gasteiger partial charge in [-0.15, -0.1) is 0 Å². The standard InChI is InChI=1S/C28H32ClFN4O3/c1-4-17(2)12-24-18(3)34(16-21-15-32(10-11-37-21)28(36)19-7-8-19)27(31-24)26-22(29)13-20(14-23(26)30)33-9-5-6-25(33)35/h4,12-14,19,21H,1,5-11,15-16H2,2-3H3/b17-12-/t21-/m1/s1. The predicted octanol–water partition coefficient (Wildman–Crippen LogP) is 5.00. The van der Waals surface area contributed by atoms with E-state index in [0.29, 0.717) is 56.4 Å². The van der Waals surface area contributed by atoms with E-state index in [1.807, 2.05) is 29.4 Å². The average molecular weight is 527 g/mol. The maximum absolute atomic E-state index is 15.7. The number of halogens is 2. The zero-order valence-electron chi connectivity index (χ0n) is 21.3. The van der Waals surface area contributed by atoms with Crippen LogP contribution in [0.4, 0.5) is 10.1 Å². The van der Waals surface area contributed by atoms with E-state index in [1.165, 1.54) is 6.07 Å². The zero-order valence-corrected chi connectivity index (χ0v) is 22.1. The molecule has 3 fully saturated rings. The fraction of sp³-hybridized carbons (Fsp3) is 0.464. The van der Waals surface area contributed by atoms with Gasteiger partial charge in [0.15, 0.2) is 0 Å². The summed E-state index contributed by atoms with van der Waals surface area (Å²) in [5.74, 6) is 0.155. The molecule has 0 unspecified atom stereocenters. The lowest BCUT2D eigenvalue weighted by Gasteiger charge is -2.33. The van der Waals surface area contributed by atoms with Crippen LogP contribution in [0, 0.1) is 18.7 Å². The van der Waals surface area contributed by atoms with Crippen molar-refractivity contribution in [3.8, 4) is 11.4 Å². The van der Waals surface area contributed by atoms with Gasteiger partial charge < -0.3 is 19.1 Å². The van der Waals surface area contributed by atoms with Crippen molar-refractivity contribution in [1.29, 1.82) is 0 Å². The molecule has 1 aromatic heterocycles. The molecule has 3 aliphatic rings. The number of morpholine rings is 1. The first-order chi connectivity index (χ1) is 17.8. The minimum Gasteiger partial charge on any atom is -0.373 e. The number of imidazole rings is 1. The van der Waals surface area contributed by atoms with E-state index in [9.17, 15) is 9.59 Å². The SMILES string of the molecule is C=C/C(C)=C\c1nc(-c2c(F)cc(N3CCCC3=O)cc2Cl)n(C[C@H]2CN(C(=O)C3CC3)CCO2)c1C. The van der Waals surface area contributed by atoms with Crippen LogP contribution in [0.1, 0.15) is 44.0 Å². The molecule has 7 nitrogen and oxygen atoms in total. The molecule has 1 saturated carbocycles. The maximum Gasteiger partial charge on any atom is 0.227 e. The van der Waals surface area contributed by atoms with Gasteiger partial charge in [0, 0.05) is 43.4 Å². The molecular weight excluding hydrogens is 495 g/mol. The summed E-state index contributed by atoms with van der Waals surface area (Å²) in [5.41, 5.74) is 3.07. The van der Waals surface area contributed by atoms with E-state index in [0.717, 1.165) is 30.5 Å². The molecule has 2 amide bonds. The smallest absolute Gasteiger partial charge is 0.227 e. The quantitative estimate of drug-likeness (QED) is 0.476. The first kappa shape index (κ1) is 25.7. The molecule has 1 aromatic carbocycles. The van der Waals surface area contributed by atoms with E-state index in [2.05, 4.69) is 6.58 Å². The minimum atomic E-state index is -0.542. The molecule has 0 bridgehead atoms. The number of nitrogens with zero attached hydrogens (tertiary/aromatic N) is 4.